The summed E-state index contributed by atoms with van der Waals surface area (Å²) in [5.41, 5.74) is 3.10. The molecule has 0 bridgehead atoms. The predicted octanol–water partition coefficient (Wildman–Crippen LogP) is 4.16. The monoisotopic (exact) mass is 329 g/mol. The Bertz CT molecular complexity index is 762. The SMILES string of the molecule is CC([S+]=O)c1ccccc1-c1cc(N2C=CN(C)C2)ccc1F. The van der Waals surface area contributed by atoms with E-state index >= 15 is 0 Å². The minimum absolute atomic E-state index is 0.230. The maximum atomic E-state index is 14.4. The van der Waals surface area contributed by atoms with Gasteiger partial charge in [-0.25, -0.2) is 4.39 Å². The molecule has 1 unspecified atom stereocenters. The largest absolute Gasteiger partial charge is 0.466 e. The van der Waals surface area contributed by atoms with Crippen molar-refractivity contribution in [3.63, 3.8) is 0 Å². The highest BCUT2D eigenvalue weighted by Crippen LogP contribution is 2.34. The van der Waals surface area contributed by atoms with Gasteiger partial charge in [-0.05, 0) is 23.8 Å². The molecule has 5 heteroatoms. The second-order valence-corrected chi connectivity index (χ2v) is 6.56. The van der Waals surface area contributed by atoms with Crippen LogP contribution in [0.2, 0.25) is 0 Å². The topological polar surface area (TPSA) is 23.6 Å². The molecule has 118 valence electrons. The Kier molecular flexibility index (Phi) is 4.39. The van der Waals surface area contributed by atoms with E-state index in [1.54, 1.807) is 6.07 Å². The van der Waals surface area contributed by atoms with Crippen molar-refractivity contribution in [1.82, 2.24) is 4.90 Å². The first-order valence-corrected chi connectivity index (χ1v) is 8.23. The van der Waals surface area contributed by atoms with Crippen LogP contribution in [0.4, 0.5) is 10.1 Å². The summed E-state index contributed by atoms with van der Waals surface area (Å²) in [6.07, 6.45) is 3.95. The lowest BCUT2D eigenvalue weighted by atomic mass is 9.97. The standard InChI is InChI=1S/C18H18FN2OS/c1-13(23-22)15-5-3-4-6-16(15)17-11-14(7-8-18(17)19)21-10-9-20(2)12-21/h3-11,13H,12H2,1-2H3/q+1. The Morgan fingerprint density at radius 2 is 1.91 bits per heavy atom. The van der Waals surface area contributed by atoms with Gasteiger partial charge >= 0.3 is 11.7 Å². The third-order valence-electron chi connectivity index (χ3n) is 3.99. The summed E-state index contributed by atoms with van der Waals surface area (Å²) in [5, 5.41) is -0.230. The number of rotatable bonds is 4. The van der Waals surface area contributed by atoms with Gasteiger partial charge in [-0.3, -0.25) is 0 Å². The quantitative estimate of drug-likeness (QED) is 0.787. The normalized spacial score (nSPS) is 15.1. The van der Waals surface area contributed by atoms with Gasteiger partial charge in [0.15, 0.2) is 0 Å². The van der Waals surface area contributed by atoms with Gasteiger partial charge < -0.3 is 9.80 Å². The number of anilines is 1. The highest BCUT2D eigenvalue weighted by atomic mass is 32.1. The van der Waals surface area contributed by atoms with Crippen molar-refractivity contribution in [2.45, 2.75) is 12.2 Å². The fourth-order valence-electron chi connectivity index (χ4n) is 2.74. The molecule has 0 spiro atoms. The van der Waals surface area contributed by atoms with Crippen LogP contribution in [0.1, 0.15) is 17.7 Å². The molecule has 1 aliphatic heterocycles. The Labute approximate surface area is 139 Å². The Balaban J connectivity index is 2.07. The van der Waals surface area contributed by atoms with E-state index < -0.39 is 0 Å². The molecule has 0 saturated heterocycles. The first-order valence-electron chi connectivity index (χ1n) is 7.43. The lowest BCUT2D eigenvalue weighted by Gasteiger charge is -2.19. The van der Waals surface area contributed by atoms with Crippen LogP contribution in [0.25, 0.3) is 11.1 Å². The van der Waals surface area contributed by atoms with Crippen LogP contribution < -0.4 is 4.90 Å². The molecule has 1 heterocycles. The van der Waals surface area contributed by atoms with E-state index in [1.165, 1.54) is 6.07 Å². The molecular formula is C18H18FN2OS+. The molecule has 23 heavy (non-hydrogen) atoms. The first kappa shape index (κ1) is 15.6. The number of hydrogen-bond donors (Lipinski definition) is 0. The van der Waals surface area contributed by atoms with Gasteiger partial charge in [0.1, 0.15) is 5.82 Å². The molecule has 0 amide bonds. The zero-order valence-corrected chi connectivity index (χ0v) is 13.9. The highest BCUT2D eigenvalue weighted by molar-refractivity contribution is 7.65. The summed E-state index contributed by atoms with van der Waals surface area (Å²) in [7, 11) is 1.99. The zero-order valence-electron chi connectivity index (χ0n) is 13.1. The smallest absolute Gasteiger partial charge is 0.361 e. The molecule has 0 N–H and O–H groups in total. The minimum atomic E-state index is -0.277. The maximum absolute atomic E-state index is 14.4. The molecule has 0 aliphatic carbocycles. The van der Waals surface area contributed by atoms with Crippen LogP contribution in [0, 0.1) is 5.82 Å². The molecule has 2 aromatic carbocycles. The summed E-state index contributed by atoms with van der Waals surface area (Å²) >= 11 is 0.522. The fraction of sp³-hybridized carbons (Fsp3) is 0.222. The second kappa shape index (κ2) is 6.46. The van der Waals surface area contributed by atoms with E-state index in [4.69, 9.17) is 0 Å². The maximum Gasteiger partial charge on any atom is 0.466 e. The lowest BCUT2D eigenvalue weighted by Crippen LogP contribution is -2.21. The average molecular weight is 329 g/mol. The number of halogens is 1. The van der Waals surface area contributed by atoms with E-state index in [9.17, 15) is 8.60 Å². The second-order valence-electron chi connectivity index (χ2n) is 5.66. The fourth-order valence-corrected chi connectivity index (χ4v) is 3.05. The summed E-state index contributed by atoms with van der Waals surface area (Å²) < 4.78 is 25.6. The predicted molar refractivity (Wildman–Crippen MR) is 92.6 cm³/mol. The van der Waals surface area contributed by atoms with Gasteiger partial charge in [0.05, 0.1) is 6.67 Å². The van der Waals surface area contributed by atoms with Crippen molar-refractivity contribution in [3.8, 4) is 11.1 Å². The van der Waals surface area contributed by atoms with Crippen molar-refractivity contribution >= 4 is 17.4 Å². The van der Waals surface area contributed by atoms with Crippen molar-refractivity contribution < 1.29 is 8.60 Å². The molecule has 1 aliphatic rings. The van der Waals surface area contributed by atoms with Crippen LogP contribution in [0.3, 0.4) is 0 Å². The molecular weight excluding hydrogens is 311 g/mol. The van der Waals surface area contributed by atoms with Crippen LogP contribution in [0.5, 0.6) is 0 Å². The molecule has 3 nitrogen and oxygen atoms in total. The highest BCUT2D eigenvalue weighted by Gasteiger charge is 2.23. The third kappa shape index (κ3) is 3.10. The number of hydrogen-bond acceptors (Lipinski definition) is 3. The average Bonchev–Trinajstić information content (AvgIpc) is 3.01. The Hall–Kier alpha value is -2.27. The molecule has 0 fully saturated rings. The minimum Gasteiger partial charge on any atom is -0.361 e. The summed E-state index contributed by atoms with van der Waals surface area (Å²) in [4.78, 5) is 4.10. The Morgan fingerprint density at radius 1 is 1.13 bits per heavy atom. The molecule has 0 aromatic heterocycles. The molecule has 1 atom stereocenters. The van der Waals surface area contributed by atoms with Gasteiger partial charge in [-0.1, -0.05) is 24.3 Å². The van der Waals surface area contributed by atoms with Crippen LogP contribution in [-0.2, 0) is 15.9 Å². The van der Waals surface area contributed by atoms with E-state index in [0.29, 0.717) is 17.2 Å². The summed E-state index contributed by atoms with van der Waals surface area (Å²) in [5.74, 6) is -0.277. The van der Waals surface area contributed by atoms with Gasteiger partial charge in [0.2, 0.25) is 0 Å². The molecule has 3 rings (SSSR count). The number of nitrogens with zero attached hydrogens (tertiary/aromatic N) is 2. The summed E-state index contributed by atoms with van der Waals surface area (Å²) in [6, 6.07) is 12.6. The van der Waals surface area contributed by atoms with Gasteiger partial charge in [-0.15, -0.1) is 0 Å². The van der Waals surface area contributed by atoms with Crippen molar-refractivity contribution in [2.75, 3.05) is 18.6 Å². The van der Waals surface area contributed by atoms with Gasteiger partial charge in [0, 0.05) is 47.4 Å². The van der Waals surface area contributed by atoms with E-state index in [-0.39, 0.29) is 11.1 Å². The zero-order chi connectivity index (χ0) is 16.4. The van der Waals surface area contributed by atoms with E-state index in [2.05, 4.69) is 4.90 Å². The van der Waals surface area contributed by atoms with Crippen molar-refractivity contribution in [2.24, 2.45) is 0 Å². The molecule has 0 radical (unpaired) electrons. The molecule has 0 saturated carbocycles. The molecule has 2 aromatic rings. The van der Waals surface area contributed by atoms with E-state index in [0.717, 1.165) is 23.5 Å². The van der Waals surface area contributed by atoms with Gasteiger partial charge in [0.25, 0.3) is 5.25 Å². The summed E-state index contributed by atoms with van der Waals surface area (Å²) in [6.45, 7) is 2.58. The third-order valence-corrected chi connectivity index (χ3v) is 4.53. The van der Waals surface area contributed by atoms with Crippen molar-refractivity contribution in [3.05, 3.63) is 66.2 Å². The first-order chi connectivity index (χ1) is 11.1. The Morgan fingerprint density at radius 3 is 2.61 bits per heavy atom. The number of benzene rings is 2. The van der Waals surface area contributed by atoms with E-state index in [1.807, 2.05) is 61.6 Å². The lowest BCUT2D eigenvalue weighted by molar-refractivity contribution is 0.495. The van der Waals surface area contributed by atoms with Crippen LogP contribution in [-0.4, -0.2) is 18.6 Å². The van der Waals surface area contributed by atoms with Crippen LogP contribution in [0.15, 0.2) is 54.9 Å². The van der Waals surface area contributed by atoms with Crippen LogP contribution >= 0.6 is 0 Å². The van der Waals surface area contributed by atoms with Gasteiger partial charge in [-0.2, -0.15) is 0 Å². The van der Waals surface area contributed by atoms with Crippen molar-refractivity contribution in [1.29, 1.82) is 0 Å².